The molecule has 1 fully saturated rings. The second kappa shape index (κ2) is 15.8. The molecule has 1 aromatic carbocycles. The maximum Gasteiger partial charge on any atom is 0.308 e. The number of hydrogen-bond donors (Lipinski definition) is 2. The molecule has 2 rings (SSSR count). The minimum absolute atomic E-state index is 0.0334. The predicted molar refractivity (Wildman–Crippen MR) is 156 cm³/mol. The molecule has 6 atom stereocenters. The Morgan fingerprint density at radius 1 is 1.02 bits per heavy atom. The van der Waals surface area contributed by atoms with Gasteiger partial charge in [-0.25, -0.2) is 0 Å². The van der Waals surface area contributed by atoms with Gasteiger partial charge in [0.25, 0.3) is 5.91 Å². The van der Waals surface area contributed by atoms with Gasteiger partial charge in [-0.2, -0.15) is 5.26 Å². The molecule has 244 valence electrons. The van der Waals surface area contributed by atoms with Crippen molar-refractivity contribution in [3.63, 3.8) is 0 Å². The van der Waals surface area contributed by atoms with E-state index in [1.165, 1.54) is 32.1 Å². The normalized spacial score (nSPS) is 22.0. The van der Waals surface area contributed by atoms with Gasteiger partial charge >= 0.3 is 23.9 Å². The van der Waals surface area contributed by atoms with Crippen LogP contribution in [0.15, 0.2) is 24.8 Å². The maximum atomic E-state index is 13.2. The molecule has 0 aromatic heterocycles. The molecule has 1 aliphatic heterocycles. The Labute approximate surface area is 261 Å². The summed E-state index contributed by atoms with van der Waals surface area (Å²) in [5.41, 5.74) is -0.404. The summed E-state index contributed by atoms with van der Waals surface area (Å²) in [4.78, 5) is 73.7. The molecule has 0 radical (unpaired) electrons. The van der Waals surface area contributed by atoms with Crippen LogP contribution in [0.4, 0.5) is 0 Å². The third-order valence-corrected chi connectivity index (χ3v) is 6.75. The number of aryl methyl sites for hydroxylation is 2. The van der Waals surface area contributed by atoms with Gasteiger partial charge in [-0.05, 0) is 37.1 Å². The van der Waals surface area contributed by atoms with Gasteiger partial charge < -0.3 is 34.3 Å². The van der Waals surface area contributed by atoms with Crippen molar-refractivity contribution in [2.45, 2.75) is 97.4 Å². The Hall–Kier alpha value is -4.77. The molecule has 45 heavy (non-hydrogen) atoms. The van der Waals surface area contributed by atoms with Crippen LogP contribution in [0.3, 0.4) is 0 Å². The molecule has 0 bridgehead atoms. The number of benzene rings is 1. The van der Waals surface area contributed by atoms with Crippen molar-refractivity contribution in [2.75, 3.05) is 6.54 Å². The van der Waals surface area contributed by atoms with Crippen LogP contribution in [0, 0.1) is 25.2 Å². The molecule has 0 unspecified atom stereocenters. The van der Waals surface area contributed by atoms with Crippen LogP contribution in [0.5, 0.6) is 5.75 Å². The van der Waals surface area contributed by atoms with E-state index in [2.05, 4.69) is 23.3 Å². The van der Waals surface area contributed by atoms with Crippen molar-refractivity contribution in [2.24, 2.45) is 0 Å². The highest BCUT2D eigenvalue weighted by molar-refractivity contribution is 5.95. The monoisotopic (exact) mass is 629 g/mol. The highest BCUT2D eigenvalue weighted by Crippen LogP contribution is 2.37. The van der Waals surface area contributed by atoms with Gasteiger partial charge in [-0.3, -0.25) is 28.8 Å². The number of nitrogens with zero attached hydrogens (tertiary/aromatic N) is 1. The Kier molecular flexibility index (Phi) is 12.8. The molecule has 1 aromatic rings. The van der Waals surface area contributed by atoms with Crippen molar-refractivity contribution in [3.05, 3.63) is 41.5 Å². The Balaban J connectivity index is 2.57. The van der Waals surface area contributed by atoms with Crippen molar-refractivity contribution >= 4 is 35.7 Å². The lowest BCUT2D eigenvalue weighted by Crippen LogP contribution is -2.67. The Bertz CT molecular complexity index is 1360. The summed E-state index contributed by atoms with van der Waals surface area (Å²) in [6.45, 7) is 12.4. The van der Waals surface area contributed by atoms with Gasteiger partial charge in [-0.15, -0.1) is 6.58 Å². The first-order valence-electron chi connectivity index (χ1n) is 14.1. The van der Waals surface area contributed by atoms with Gasteiger partial charge in [0.2, 0.25) is 5.91 Å². The number of carbonyl (C=O) groups is 6. The molecule has 1 aliphatic rings. The number of nitrogens with one attached hydrogen (secondary N) is 2. The van der Waals surface area contributed by atoms with E-state index in [-0.39, 0.29) is 18.4 Å². The third-order valence-electron chi connectivity index (χ3n) is 6.75. The van der Waals surface area contributed by atoms with E-state index in [9.17, 15) is 34.0 Å². The first kappa shape index (κ1) is 36.4. The zero-order valence-corrected chi connectivity index (χ0v) is 26.4. The summed E-state index contributed by atoms with van der Waals surface area (Å²) in [6, 6.07) is 3.90. The third kappa shape index (κ3) is 10.1. The lowest BCUT2D eigenvalue weighted by atomic mass is 9.82. The van der Waals surface area contributed by atoms with Gasteiger partial charge in [0.15, 0.2) is 17.8 Å². The number of ether oxygens (including phenoxy) is 5. The van der Waals surface area contributed by atoms with Crippen LogP contribution in [0.2, 0.25) is 0 Å². The molecule has 2 N–H and O–H groups in total. The minimum atomic E-state index is -1.64. The molecule has 14 nitrogen and oxygen atoms in total. The van der Waals surface area contributed by atoms with E-state index in [1.54, 1.807) is 13.8 Å². The van der Waals surface area contributed by atoms with E-state index in [0.29, 0.717) is 16.9 Å². The average molecular weight is 630 g/mol. The number of esters is 4. The average Bonchev–Trinajstić information content (AvgIpc) is 2.92. The van der Waals surface area contributed by atoms with Crippen LogP contribution in [-0.2, 0) is 42.9 Å². The largest absolute Gasteiger partial charge is 0.460 e. The second-order valence-electron chi connectivity index (χ2n) is 10.7. The molecule has 1 saturated heterocycles. The van der Waals surface area contributed by atoms with Gasteiger partial charge in [-0.1, -0.05) is 6.08 Å². The van der Waals surface area contributed by atoms with Crippen molar-refractivity contribution in [3.8, 4) is 11.8 Å². The minimum Gasteiger partial charge on any atom is -0.460 e. The molecule has 14 heteroatoms. The lowest BCUT2D eigenvalue weighted by Gasteiger charge is -2.47. The van der Waals surface area contributed by atoms with E-state index in [0.717, 1.165) is 20.8 Å². The summed E-state index contributed by atoms with van der Waals surface area (Å²) < 4.78 is 28.0. The molecule has 1 heterocycles. The van der Waals surface area contributed by atoms with E-state index in [4.69, 9.17) is 23.7 Å². The van der Waals surface area contributed by atoms with Crippen molar-refractivity contribution < 1.29 is 52.5 Å². The molecule has 0 spiro atoms. The second-order valence-corrected chi connectivity index (χ2v) is 10.7. The highest BCUT2D eigenvalue weighted by Gasteiger charge is 2.54. The quantitative estimate of drug-likeness (QED) is 0.148. The maximum absolute atomic E-state index is 13.2. The first-order valence-corrected chi connectivity index (χ1v) is 14.1. The summed E-state index contributed by atoms with van der Waals surface area (Å²) in [7, 11) is 0. The van der Waals surface area contributed by atoms with Crippen molar-refractivity contribution in [1.29, 1.82) is 5.26 Å². The standard InChI is InChI=1S/C31H39N3O11/c1-9-10-31(15-32)13-24(41-19(5)36)26(34-18(4)35)29(45-31)28(44-22(8)39)25(42-20(6)37)14-33-30(40)23-11-16(2)27(17(3)12-23)43-21(7)38/h9,11-12,24-26,28-29H,1,10,13-14H2,2-8H3,(H,33,40)(H,34,35)/t24-,25+,26+,28+,29+,31+/m0/s1. The van der Waals surface area contributed by atoms with E-state index >= 15 is 0 Å². The van der Waals surface area contributed by atoms with Crippen LogP contribution in [0.25, 0.3) is 0 Å². The lowest BCUT2D eigenvalue weighted by molar-refractivity contribution is -0.221. The summed E-state index contributed by atoms with van der Waals surface area (Å²) in [5.74, 6) is -3.71. The fourth-order valence-electron chi connectivity index (χ4n) is 5.20. The Morgan fingerprint density at radius 3 is 2.09 bits per heavy atom. The summed E-state index contributed by atoms with van der Waals surface area (Å²) in [5, 5.41) is 15.4. The summed E-state index contributed by atoms with van der Waals surface area (Å²) in [6.07, 6.45) is -4.24. The number of amides is 2. The Morgan fingerprint density at radius 2 is 1.62 bits per heavy atom. The van der Waals surface area contributed by atoms with E-state index in [1.807, 2.05) is 0 Å². The fraction of sp³-hybridized carbons (Fsp3) is 0.516. The topological polar surface area (TPSA) is 196 Å². The number of hydrogen-bond acceptors (Lipinski definition) is 12. The molecule has 0 aliphatic carbocycles. The molecule has 0 saturated carbocycles. The molecule has 2 amide bonds. The van der Waals surface area contributed by atoms with E-state index < -0.39 is 78.3 Å². The summed E-state index contributed by atoms with van der Waals surface area (Å²) >= 11 is 0. The van der Waals surface area contributed by atoms with Crippen LogP contribution in [0.1, 0.15) is 68.9 Å². The molecular weight excluding hydrogens is 590 g/mol. The fourth-order valence-corrected chi connectivity index (χ4v) is 5.20. The zero-order valence-electron chi connectivity index (χ0n) is 26.4. The highest BCUT2D eigenvalue weighted by atomic mass is 16.6. The van der Waals surface area contributed by atoms with Crippen LogP contribution < -0.4 is 15.4 Å². The number of carbonyl (C=O) groups excluding carboxylic acids is 6. The zero-order chi connectivity index (χ0) is 34.1. The van der Waals surface area contributed by atoms with Gasteiger partial charge in [0.05, 0.1) is 18.7 Å². The SMILES string of the molecule is C=CC[C@]1(C#N)C[C@H](OC(C)=O)[C@@H](NC(C)=O)[C@H]([C@H](OC(C)=O)[C@@H](CNC(=O)c2cc(C)c(OC(C)=O)c(C)c2)OC(C)=O)O1. The first-order chi connectivity index (χ1) is 21.0. The van der Waals surface area contributed by atoms with Crippen molar-refractivity contribution in [1.82, 2.24) is 10.6 Å². The van der Waals surface area contributed by atoms with Crippen LogP contribution >= 0.6 is 0 Å². The number of nitriles is 1. The van der Waals surface area contributed by atoms with Gasteiger partial charge in [0, 0.05) is 53.0 Å². The van der Waals surface area contributed by atoms with Gasteiger partial charge in [0.1, 0.15) is 18.0 Å². The smallest absolute Gasteiger partial charge is 0.308 e. The molecular formula is C31H39N3O11. The van der Waals surface area contributed by atoms with Crippen LogP contribution in [-0.4, -0.2) is 78.3 Å². The number of rotatable bonds is 12. The predicted octanol–water partition coefficient (Wildman–Crippen LogP) is 1.89.